The molecule has 21 heavy (non-hydrogen) atoms. The number of carbonyl (C=O) groups is 2. The number of alkyl halides is 3. The van der Waals surface area contributed by atoms with Gasteiger partial charge in [0.1, 0.15) is 13.2 Å². The van der Waals surface area contributed by atoms with Gasteiger partial charge in [-0.1, -0.05) is 0 Å². The van der Waals surface area contributed by atoms with Crippen LogP contribution in [0.1, 0.15) is 15.9 Å². The minimum absolute atomic E-state index is 0.250. The highest BCUT2D eigenvalue weighted by Gasteiger charge is 2.28. The van der Waals surface area contributed by atoms with E-state index in [0.717, 1.165) is 5.56 Å². The lowest BCUT2D eigenvalue weighted by molar-refractivity contribution is -0.170. The highest BCUT2D eigenvalue weighted by atomic mass is 19.4. The average molecular weight is 302 g/mol. The Bertz CT molecular complexity index is 572. The Balaban J connectivity index is 2.03. The summed E-state index contributed by atoms with van der Waals surface area (Å²) in [5.41, 5.74) is 1.56. The minimum Gasteiger partial charge on any atom is -0.364 e. The van der Waals surface area contributed by atoms with Crippen molar-refractivity contribution in [2.75, 3.05) is 25.6 Å². The number of halogens is 3. The molecule has 2 amide bonds. The van der Waals surface area contributed by atoms with Crippen LogP contribution in [0, 0.1) is 0 Å². The van der Waals surface area contributed by atoms with Crippen molar-refractivity contribution in [2.24, 2.45) is 0 Å². The largest absolute Gasteiger partial charge is 0.411 e. The number of urea groups is 1. The maximum absolute atomic E-state index is 11.9. The van der Waals surface area contributed by atoms with Crippen LogP contribution < -0.4 is 5.32 Å². The fourth-order valence-electron chi connectivity index (χ4n) is 1.90. The monoisotopic (exact) mass is 302 g/mol. The molecule has 1 N–H and O–H groups in total. The third kappa shape index (κ3) is 3.94. The predicted molar refractivity (Wildman–Crippen MR) is 68.1 cm³/mol. The van der Waals surface area contributed by atoms with Crippen LogP contribution in [0.4, 0.5) is 23.7 Å². The molecule has 0 saturated heterocycles. The number of hydrogen-bond acceptors (Lipinski definition) is 3. The molecule has 0 fully saturated rings. The van der Waals surface area contributed by atoms with Crippen molar-refractivity contribution >= 4 is 17.5 Å². The van der Waals surface area contributed by atoms with Crippen LogP contribution in [0.5, 0.6) is 0 Å². The summed E-state index contributed by atoms with van der Waals surface area (Å²) in [6, 6.07) is 4.29. The number of amides is 2. The quantitative estimate of drug-likeness (QED) is 0.869. The van der Waals surface area contributed by atoms with Crippen molar-refractivity contribution in [1.29, 1.82) is 0 Å². The first-order valence-electron chi connectivity index (χ1n) is 6.09. The maximum Gasteiger partial charge on any atom is 0.411 e. The van der Waals surface area contributed by atoms with E-state index in [9.17, 15) is 22.8 Å². The van der Waals surface area contributed by atoms with Gasteiger partial charge in [-0.05, 0) is 23.8 Å². The molecule has 0 saturated carbocycles. The average Bonchev–Trinajstić information content (AvgIpc) is 2.38. The van der Waals surface area contributed by atoms with Gasteiger partial charge in [-0.25, -0.2) is 4.79 Å². The zero-order valence-corrected chi connectivity index (χ0v) is 11.2. The molecular weight excluding hydrogens is 289 g/mol. The summed E-state index contributed by atoms with van der Waals surface area (Å²) in [4.78, 5) is 24.6. The third-order valence-corrected chi connectivity index (χ3v) is 2.92. The number of hydrogen-bond donors (Lipinski definition) is 1. The standard InChI is InChI=1S/C13H13F3N2O3/c1-18-5-9-4-8(2-3-10(9)17-12(18)20)11(19)6-21-7-13(14,15)16/h2-4H,5-7H2,1H3,(H,17,20). The summed E-state index contributed by atoms with van der Waals surface area (Å²) in [5, 5.41) is 2.63. The van der Waals surface area contributed by atoms with Gasteiger partial charge in [0.15, 0.2) is 5.78 Å². The van der Waals surface area contributed by atoms with E-state index in [1.165, 1.54) is 11.0 Å². The number of nitrogens with zero attached hydrogens (tertiary/aromatic N) is 1. The second kappa shape index (κ2) is 5.72. The molecule has 114 valence electrons. The summed E-state index contributed by atoms with van der Waals surface area (Å²) in [6.07, 6.45) is -4.46. The smallest absolute Gasteiger partial charge is 0.364 e. The van der Waals surface area contributed by atoms with E-state index >= 15 is 0 Å². The molecule has 1 aliphatic heterocycles. The lowest BCUT2D eigenvalue weighted by Gasteiger charge is -2.26. The Labute approximate surface area is 118 Å². The zero-order chi connectivity index (χ0) is 15.6. The number of ketones is 1. The normalized spacial score (nSPS) is 14.7. The fraction of sp³-hybridized carbons (Fsp3) is 0.385. The Kier molecular flexibility index (Phi) is 4.17. The molecule has 1 aromatic rings. The van der Waals surface area contributed by atoms with Crippen LogP contribution in [0.15, 0.2) is 18.2 Å². The Morgan fingerprint density at radius 1 is 1.43 bits per heavy atom. The fourth-order valence-corrected chi connectivity index (χ4v) is 1.90. The maximum atomic E-state index is 11.9. The van der Waals surface area contributed by atoms with Crippen molar-refractivity contribution in [3.8, 4) is 0 Å². The number of ether oxygens (including phenoxy) is 1. The first-order valence-corrected chi connectivity index (χ1v) is 6.09. The Hall–Kier alpha value is -2.09. The molecule has 0 radical (unpaired) electrons. The summed E-state index contributed by atoms with van der Waals surface area (Å²) in [6.45, 7) is -1.77. The second-order valence-corrected chi connectivity index (χ2v) is 4.69. The number of Topliss-reactive ketones (excluding diaryl/α,β-unsaturated/α-hetero) is 1. The second-order valence-electron chi connectivity index (χ2n) is 4.69. The highest BCUT2D eigenvalue weighted by molar-refractivity contribution is 5.99. The lowest BCUT2D eigenvalue weighted by Crippen LogP contribution is -2.35. The molecule has 5 nitrogen and oxygen atoms in total. The van der Waals surface area contributed by atoms with Crippen molar-refractivity contribution in [2.45, 2.75) is 12.7 Å². The molecule has 2 rings (SSSR count). The van der Waals surface area contributed by atoms with E-state index in [1.807, 2.05) is 0 Å². The SMILES string of the molecule is CN1Cc2cc(C(=O)COCC(F)(F)F)ccc2NC1=O. The van der Waals surface area contributed by atoms with Gasteiger partial charge in [0, 0.05) is 24.8 Å². The van der Waals surface area contributed by atoms with Gasteiger partial charge in [-0.15, -0.1) is 0 Å². The van der Waals surface area contributed by atoms with Crippen LogP contribution in [0.2, 0.25) is 0 Å². The Morgan fingerprint density at radius 2 is 2.14 bits per heavy atom. The predicted octanol–water partition coefficient (Wildman–Crippen LogP) is 2.43. The molecule has 1 aliphatic rings. The van der Waals surface area contributed by atoms with Crippen LogP contribution >= 0.6 is 0 Å². The summed E-state index contributed by atoms with van der Waals surface area (Å²) in [7, 11) is 1.60. The Morgan fingerprint density at radius 3 is 2.81 bits per heavy atom. The van der Waals surface area contributed by atoms with E-state index in [-0.39, 0.29) is 11.6 Å². The molecule has 0 spiro atoms. The van der Waals surface area contributed by atoms with Crippen molar-refractivity contribution in [3.05, 3.63) is 29.3 Å². The lowest BCUT2D eigenvalue weighted by atomic mass is 10.0. The molecular formula is C13H13F3N2O3. The van der Waals surface area contributed by atoms with Gasteiger partial charge in [-0.2, -0.15) is 13.2 Å². The highest BCUT2D eigenvalue weighted by Crippen LogP contribution is 2.24. The van der Waals surface area contributed by atoms with Crippen molar-refractivity contribution in [1.82, 2.24) is 4.90 Å². The van der Waals surface area contributed by atoms with Gasteiger partial charge < -0.3 is 15.0 Å². The molecule has 8 heteroatoms. The first-order chi connectivity index (χ1) is 9.76. The molecule has 1 heterocycles. The summed E-state index contributed by atoms with van der Waals surface area (Å²) in [5.74, 6) is -0.540. The molecule has 1 aromatic carbocycles. The minimum atomic E-state index is -4.46. The number of rotatable bonds is 4. The number of benzene rings is 1. The van der Waals surface area contributed by atoms with E-state index in [2.05, 4.69) is 10.1 Å². The molecule has 0 bridgehead atoms. The molecule has 0 aromatic heterocycles. The molecule has 0 aliphatic carbocycles. The number of carbonyl (C=O) groups excluding carboxylic acids is 2. The van der Waals surface area contributed by atoms with Gasteiger partial charge in [-0.3, -0.25) is 4.79 Å². The van der Waals surface area contributed by atoms with E-state index < -0.39 is 25.2 Å². The van der Waals surface area contributed by atoms with Crippen LogP contribution in [0.3, 0.4) is 0 Å². The molecule has 0 unspecified atom stereocenters. The number of fused-ring (bicyclic) bond motifs is 1. The van der Waals surface area contributed by atoms with Crippen molar-refractivity contribution < 1.29 is 27.5 Å². The third-order valence-electron chi connectivity index (χ3n) is 2.92. The zero-order valence-electron chi connectivity index (χ0n) is 11.2. The van der Waals surface area contributed by atoms with Gasteiger partial charge >= 0.3 is 12.2 Å². The molecule has 0 atom stereocenters. The summed E-state index contributed by atoms with van der Waals surface area (Å²) < 4.78 is 40.1. The van der Waals surface area contributed by atoms with E-state index in [1.54, 1.807) is 19.2 Å². The van der Waals surface area contributed by atoms with E-state index in [0.29, 0.717) is 12.2 Å². The van der Waals surface area contributed by atoms with Crippen LogP contribution in [-0.2, 0) is 11.3 Å². The van der Waals surface area contributed by atoms with Gasteiger partial charge in [0.25, 0.3) is 0 Å². The first kappa shape index (κ1) is 15.3. The number of anilines is 1. The summed E-state index contributed by atoms with van der Waals surface area (Å²) >= 11 is 0. The topological polar surface area (TPSA) is 58.6 Å². The van der Waals surface area contributed by atoms with Gasteiger partial charge in [0.2, 0.25) is 0 Å². The number of nitrogens with one attached hydrogen (secondary N) is 1. The van der Waals surface area contributed by atoms with Crippen molar-refractivity contribution in [3.63, 3.8) is 0 Å². The van der Waals surface area contributed by atoms with E-state index in [4.69, 9.17) is 0 Å². The van der Waals surface area contributed by atoms with Crippen LogP contribution in [-0.4, -0.2) is 43.2 Å². The van der Waals surface area contributed by atoms with Crippen LogP contribution in [0.25, 0.3) is 0 Å². The van der Waals surface area contributed by atoms with Gasteiger partial charge in [0.05, 0.1) is 0 Å².